The summed E-state index contributed by atoms with van der Waals surface area (Å²) in [4.78, 5) is 2.27. The van der Waals surface area contributed by atoms with Gasteiger partial charge in [0, 0.05) is 17.3 Å². The van der Waals surface area contributed by atoms with Gasteiger partial charge in [0.2, 0.25) is 0 Å². The zero-order valence-electron chi connectivity index (χ0n) is 13.9. The summed E-state index contributed by atoms with van der Waals surface area (Å²) in [6.07, 6.45) is 1.98. The summed E-state index contributed by atoms with van der Waals surface area (Å²) in [6.45, 7) is 2.84. The van der Waals surface area contributed by atoms with Crippen LogP contribution in [0.4, 0.5) is 5.69 Å². The standard InChI is InChI=1S/C18H19ClN2O2S2/c1-2-3-12-21-16-10-6-7-11-17(16)25(22,23)20-18(21)24-13-14-8-4-5-9-15(14)19/h4-11H,2-3,12-13H2,1H3. The van der Waals surface area contributed by atoms with Crippen LogP contribution < -0.4 is 4.90 Å². The van der Waals surface area contributed by atoms with Gasteiger partial charge in [0.15, 0.2) is 5.17 Å². The molecule has 25 heavy (non-hydrogen) atoms. The van der Waals surface area contributed by atoms with Crippen molar-refractivity contribution in [3.05, 3.63) is 59.1 Å². The molecule has 0 fully saturated rings. The van der Waals surface area contributed by atoms with Gasteiger partial charge in [-0.2, -0.15) is 8.42 Å². The molecule has 2 aromatic carbocycles. The van der Waals surface area contributed by atoms with Crippen molar-refractivity contribution in [3.8, 4) is 0 Å². The highest BCUT2D eigenvalue weighted by atomic mass is 35.5. The highest BCUT2D eigenvalue weighted by molar-refractivity contribution is 8.14. The van der Waals surface area contributed by atoms with Crippen LogP contribution in [0.3, 0.4) is 0 Å². The Labute approximate surface area is 158 Å². The predicted molar refractivity (Wildman–Crippen MR) is 106 cm³/mol. The van der Waals surface area contributed by atoms with E-state index < -0.39 is 10.0 Å². The molecule has 1 aliphatic rings. The second-order valence-corrected chi connectivity index (χ2v) is 8.62. The number of hydrogen-bond acceptors (Lipinski definition) is 4. The van der Waals surface area contributed by atoms with E-state index in [9.17, 15) is 8.42 Å². The van der Waals surface area contributed by atoms with E-state index in [0.717, 1.165) is 24.9 Å². The van der Waals surface area contributed by atoms with E-state index in [0.29, 0.717) is 21.6 Å². The van der Waals surface area contributed by atoms with Crippen LogP contribution in [0.5, 0.6) is 0 Å². The van der Waals surface area contributed by atoms with Gasteiger partial charge < -0.3 is 4.90 Å². The Morgan fingerprint density at radius 3 is 2.60 bits per heavy atom. The lowest BCUT2D eigenvalue weighted by atomic mass is 10.2. The molecule has 0 aliphatic carbocycles. The van der Waals surface area contributed by atoms with Crippen molar-refractivity contribution >= 4 is 44.2 Å². The van der Waals surface area contributed by atoms with Gasteiger partial charge in [-0.1, -0.05) is 67.0 Å². The predicted octanol–water partition coefficient (Wildman–Crippen LogP) is 4.94. The quantitative estimate of drug-likeness (QED) is 0.720. The first-order chi connectivity index (χ1) is 12.0. The Morgan fingerprint density at radius 1 is 1.12 bits per heavy atom. The summed E-state index contributed by atoms with van der Waals surface area (Å²) < 4.78 is 29.1. The monoisotopic (exact) mass is 394 g/mol. The number of halogens is 1. The molecule has 0 amide bonds. The van der Waals surface area contributed by atoms with Gasteiger partial charge in [0.25, 0.3) is 10.0 Å². The summed E-state index contributed by atoms with van der Waals surface area (Å²) in [6, 6.07) is 14.6. The van der Waals surface area contributed by atoms with E-state index >= 15 is 0 Å². The molecular weight excluding hydrogens is 376 g/mol. The van der Waals surface area contributed by atoms with Gasteiger partial charge in [-0.3, -0.25) is 0 Å². The van der Waals surface area contributed by atoms with Gasteiger partial charge in [0.05, 0.1) is 5.69 Å². The number of benzene rings is 2. The molecule has 132 valence electrons. The van der Waals surface area contributed by atoms with Crippen molar-refractivity contribution in [1.29, 1.82) is 0 Å². The summed E-state index contributed by atoms with van der Waals surface area (Å²) >= 11 is 7.62. The number of thioether (sulfide) groups is 1. The fraction of sp³-hybridized carbons (Fsp3) is 0.278. The van der Waals surface area contributed by atoms with E-state index in [-0.39, 0.29) is 4.90 Å². The molecule has 7 heteroatoms. The summed E-state index contributed by atoms with van der Waals surface area (Å²) in [5.74, 6) is 0.568. The third kappa shape index (κ3) is 4.02. The van der Waals surface area contributed by atoms with Crippen LogP contribution in [0.1, 0.15) is 25.3 Å². The van der Waals surface area contributed by atoms with Crippen molar-refractivity contribution in [1.82, 2.24) is 0 Å². The molecule has 0 saturated carbocycles. The molecule has 1 heterocycles. The molecule has 0 bridgehead atoms. The molecule has 2 aromatic rings. The van der Waals surface area contributed by atoms with Crippen LogP contribution >= 0.6 is 23.4 Å². The van der Waals surface area contributed by atoms with Gasteiger partial charge in [-0.25, -0.2) is 0 Å². The molecule has 0 aromatic heterocycles. The number of amidine groups is 1. The van der Waals surface area contributed by atoms with Crippen molar-refractivity contribution < 1.29 is 8.42 Å². The lowest BCUT2D eigenvalue weighted by Gasteiger charge is -2.30. The average Bonchev–Trinajstić information content (AvgIpc) is 2.60. The fourth-order valence-corrected chi connectivity index (χ4v) is 5.36. The third-order valence-electron chi connectivity index (χ3n) is 3.91. The normalized spacial score (nSPS) is 15.6. The first-order valence-electron chi connectivity index (χ1n) is 8.10. The van der Waals surface area contributed by atoms with Gasteiger partial charge >= 0.3 is 0 Å². The van der Waals surface area contributed by atoms with Crippen LogP contribution in [0.15, 0.2) is 57.8 Å². The second-order valence-electron chi connectivity index (χ2n) is 5.70. The van der Waals surface area contributed by atoms with Gasteiger partial charge in [0.1, 0.15) is 4.90 Å². The fourth-order valence-electron chi connectivity index (χ4n) is 2.60. The number of fused-ring (bicyclic) bond motifs is 1. The number of anilines is 1. The molecule has 1 aliphatic heterocycles. The van der Waals surface area contributed by atoms with Crippen molar-refractivity contribution in [3.63, 3.8) is 0 Å². The van der Waals surface area contributed by atoms with Crippen LogP contribution in [0.2, 0.25) is 5.02 Å². The number of para-hydroxylation sites is 1. The molecule has 0 radical (unpaired) electrons. The Bertz CT molecular complexity index is 897. The Morgan fingerprint density at radius 2 is 1.84 bits per heavy atom. The number of sulfonamides is 1. The largest absolute Gasteiger partial charge is 0.319 e. The first kappa shape index (κ1) is 18.3. The molecule has 0 unspecified atom stereocenters. The molecule has 4 nitrogen and oxygen atoms in total. The van der Waals surface area contributed by atoms with Gasteiger partial charge in [-0.15, -0.1) is 4.40 Å². The van der Waals surface area contributed by atoms with E-state index in [1.54, 1.807) is 12.1 Å². The average molecular weight is 395 g/mol. The molecular formula is C18H19ClN2O2S2. The maximum absolute atomic E-state index is 12.5. The Kier molecular flexibility index (Phi) is 5.71. The van der Waals surface area contributed by atoms with Crippen molar-refractivity contribution in [2.75, 3.05) is 11.4 Å². The lowest BCUT2D eigenvalue weighted by molar-refractivity contribution is 0.596. The number of rotatable bonds is 5. The van der Waals surface area contributed by atoms with Crippen LogP contribution in [-0.2, 0) is 15.8 Å². The number of nitrogens with zero attached hydrogens (tertiary/aromatic N) is 2. The minimum absolute atomic E-state index is 0.271. The molecule has 0 saturated heterocycles. The smallest absolute Gasteiger partial charge is 0.286 e. The Hall–Kier alpha value is -1.50. The maximum Gasteiger partial charge on any atom is 0.286 e. The van der Waals surface area contributed by atoms with Crippen LogP contribution in [0, 0.1) is 0 Å². The van der Waals surface area contributed by atoms with Crippen molar-refractivity contribution in [2.24, 2.45) is 4.40 Å². The maximum atomic E-state index is 12.5. The van der Waals surface area contributed by atoms with E-state index in [2.05, 4.69) is 11.3 Å². The summed E-state index contributed by atoms with van der Waals surface area (Å²) in [5.41, 5.74) is 1.66. The van der Waals surface area contributed by atoms with Crippen LogP contribution in [-0.4, -0.2) is 20.1 Å². The number of unbranched alkanes of at least 4 members (excludes halogenated alkanes) is 1. The third-order valence-corrected chi connectivity index (χ3v) is 6.74. The molecule has 0 spiro atoms. The van der Waals surface area contributed by atoms with Crippen LogP contribution in [0.25, 0.3) is 0 Å². The highest BCUT2D eigenvalue weighted by Crippen LogP contribution is 2.35. The lowest BCUT2D eigenvalue weighted by Crippen LogP contribution is -2.34. The molecule has 0 N–H and O–H groups in total. The summed E-state index contributed by atoms with van der Waals surface area (Å²) in [7, 11) is -3.67. The minimum atomic E-state index is -3.67. The van der Waals surface area contributed by atoms with Crippen molar-refractivity contribution in [2.45, 2.75) is 30.4 Å². The van der Waals surface area contributed by atoms with Gasteiger partial charge in [-0.05, 0) is 30.2 Å². The molecule has 0 atom stereocenters. The second kappa shape index (κ2) is 7.81. The zero-order valence-corrected chi connectivity index (χ0v) is 16.2. The minimum Gasteiger partial charge on any atom is -0.319 e. The molecule has 3 rings (SSSR count). The van der Waals surface area contributed by atoms with E-state index in [1.807, 2.05) is 41.3 Å². The van der Waals surface area contributed by atoms with E-state index in [1.165, 1.54) is 11.8 Å². The highest BCUT2D eigenvalue weighted by Gasteiger charge is 2.30. The number of hydrogen-bond donors (Lipinski definition) is 0. The Balaban J connectivity index is 1.93. The topological polar surface area (TPSA) is 49.7 Å². The van der Waals surface area contributed by atoms with E-state index in [4.69, 9.17) is 11.6 Å². The first-order valence-corrected chi connectivity index (χ1v) is 10.9. The SMILES string of the molecule is CCCCN1C(SCc2ccccc2Cl)=NS(=O)(=O)c2ccccc21. The zero-order chi connectivity index (χ0) is 17.9. The summed E-state index contributed by atoms with van der Waals surface area (Å²) in [5, 5.41) is 1.18.